The summed E-state index contributed by atoms with van der Waals surface area (Å²) >= 11 is 5.91. The van der Waals surface area contributed by atoms with Crippen molar-refractivity contribution in [3.8, 4) is 11.4 Å². The smallest absolute Gasteiger partial charge is 0.228 e. The fourth-order valence-electron chi connectivity index (χ4n) is 3.38. The van der Waals surface area contributed by atoms with Crippen LogP contribution in [0.5, 0.6) is 0 Å². The minimum Gasteiger partial charge on any atom is -0.379 e. The van der Waals surface area contributed by atoms with E-state index in [0.717, 1.165) is 57.9 Å². The van der Waals surface area contributed by atoms with Crippen LogP contribution in [0.2, 0.25) is 5.02 Å². The van der Waals surface area contributed by atoms with Crippen molar-refractivity contribution in [3.63, 3.8) is 0 Å². The number of hydrogen-bond donors (Lipinski definition) is 0. The van der Waals surface area contributed by atoms with E-state index in [-0.39, 0.29) is 5.54 Å². The van der Waals surface area contributed by atoms with Crippen molar-refractivity contribution < 1.29 is 14.0 Å². The number of rotatable bonds is 4. The van der Waals surface area contributed by atoms with Crippen LogP contribution < -0.4 is 0 Å². The number of benzene rings is 1. The number of hydrogen-bond acceptors (Lipinski definition) is 6. The molecular weight excluding hydrogens is 330 g/mol. The molecule has 1 atom stereocenters. The molecule has 0 amide bonds. The van der Waals surface area contributed by atoms with Gasteiger partial charge in [-0.15, -0.1) is 0 Å². The Morgan fingerprint density at radius 1 is 1.12 bits per heavy atom. The zero-order chi connectivity index (χ0) is 16.4. The minimum atomic E-state index is 0.0251. The lowest BCUT2D eigenvalue weighted by atomic mass is 9.95. The maximum absolute atomic E-state index is 5.91. The minimum absolute atomic E-state index is 0.0251. The molecular formula is C17H20ClN3O3. The first-order chi connectivity index (χ1) is 11.8. The molecule has 0 radical (unpaired) electrons. The van der Waals surface area contributed by atoms with Crippen LogP contribution in [0.25, 0.3) is 11.4 Å². The van der Waals surface area contributed by atoms with Gasteiger partial charge in [0.2, 0.25) is 11.7 Å². The Labute approximate surface area is 145 Å². The Morgan fingerprint density at radius 2 is 1.92 bits per heavy atom. The summed E-state index contributed by atoms with van der Waals surface area (Å²) in [5.74, 6) is 1.25. The van der Waals surface area contributed by atoms with Gasteiger partial charge in [0.15, 0.2) is 0 Å². The Kier molecular flexibility index (Phi) is 4.54. The molecule has 0 bridgehead atoms. The summed E-state index contributed by atoms with van der Waals surface area (Å²) in [7, 11) is 0. The van der Waals surface area contributed by atoms with E-state index in [2.05, 4.69) is 15.0 Å². The lowest BCUT2D eigenvalue weighted by Gasteiger charge is -2.43. The normalized spacial score (nSPS) is 24.7. The van der Waals surface area contributed by atoms with E-state index < -0.39 is 0 Å². The van der Waals surface area contributed by atoms with Gasteiger partial charge < -0.3 is 14.0 Å². The maximum atomic E-state index is 5.91. The van der Waals surface area contributed by atoms with E-state index >= 15 is 0 Å². The second kappa shape index (κ2) is 6.80. The molecule has 7 heteroatoms. The molecule has 1 unspecified atom stereocenters. The summed E-state index contributed by atoms with van der Waals surface area (Å²) in [6, 6.07) is 7.43. The predicted octanol–water partition coefficient (Wildman–Crippen LogP) is 2.42. The molecule has 2 saturated heterocycles. The number of halogens is 1. The van der Waals surface area contributed by atoms with Crippen LogP contribution >= 0.6 is 11.6 Å². The Balaban J connectivity index is 1.41. The molecule has 2 aliphatic rings. The van der Waals surface area contributed by atoms with Gasteiger partial charge in [0.05, 0.1) is 25.4 Å². The molecule has 1 aromatic heterocycles. The summed E-state index contributed by atoms with van der Waals surface area (Å²) in [6.07, 6.45) is 1.75. The van der Waals surface area contributed by atoms with Gasteiger partial charge in [-0.1, -0.05) is 16.8 Å². The van der Waals surface area contributed by atoms with Crippen molar-refractivity contribution >= 4 is 11.6 Å². The number of ether oxygens (including phenoxy) is 2. The first-order valence-corrected chi connectivity index (χ1v) is 8.62. The molecule has 4 rings (SSSR count). The highest BCUT2D eigenvalue weighted by atomic mass is 35.5. The highest BCUT2D eigenvalue weighted by Gasteiger charge is 2.42. The molecule has 0 N–H and O–H groups in total. The fourth-order valence-corrected chi connectivity index (χ4v) is 3.50. The third kappa shape index (κ3) is 3.19. The van der Waals surface area contributed by atoms with E-state index in [4.69, 9.17) is 25.6 Å². The van der Waals surface area contributed by atoms with E-state index in [1.54, 1.807) is 0 Å². The predicted molar refractivity (Wildman–Crippen MR) is 89.0 cm³/mol. The Morgan fingerprint density at radius 3 is 2.71 bits per heavy atom. The molecule has 0 aliphatic carbocycles. The van der Waals surface area contributed by atoms with E-state index in [0.29, 0.717) is 16.7 Å². The number of morpholine rings is 1. The summed E-state index contributed by atoms with van der Waals surface area (Å²) in [5.41, 5.74) is 0.929. The molecule has 2 fully saturated rings. The van der Waals surface area contributed by atoms with Crippen molar-refractivity contribution in [2.24, 2.45) is 0 Å². The highest BCUT2D eigenvalue weighted by Crippen LogP contribution is 2.29. The highest BCUT2D eigenvalue weighted by molar-refractivity contribution is 6.30. The SMILES string of the molecule is Clc1ccc(-c2noc(CCN3CCOCC34CCOC4)n2)cc1. The van der Waals surface area contributed by atoms with Gasteiger partial charge in [-0.25, -0.2) is 0 Å². The van der Waals surface area contributed by atoms with Crippen LogP contribution in [0.3, 0.4) is 0 Å². The van der Waals surface area contributed by atoms with Gasteiger partial charge in [0.1, 0.15) is 0 Å². The van der Waals surface area contributed by atoms with Crippen molar-refractivity contribution in [3.05, 3.63) is 35.2 Å². The van der Waals surface area contributed by atoms with Crippen molar-refractivity contribution in [2.75, 3.05) is 39.5 Å². The van der Waals surface area contributed by atoms with Crippen molar-refractivity contribution in [2.45, 2.75) is 18.4 Å². The topological polar surface area (TPSA) is 60.6 Å². The average Bonchev–Trinajstić information content (AvgIpc) is 3.25. The fraction of sp³-hybridized carbons (Fsp3) is 0.529. The molecule has 0 saturated carbocycles. The monoisotopic (exact) mass is 349 g/mol. The quantitative estimate of drug-likeness (QED) is 0.844. The third-order valence-electron chi connectivity index (χ3n) is 4.80. The second-order valence-corrected chi connectivity index (χ2v) is 6.77. The third-order valence-corrected chi connectivity index (χ3v) is 5.05. The van der Waals surface area contributed by atoms with Crippen LogP contribution in [0.15, 0.2) is 28.8 Å². The molecule has 1 aromatic carbocycles. The van der Waals surface area contributed by atoms with Crippen LogP contribution in [0, 0.1) is 0 Å². The van der Waals surface area contributed by atoms with Crippen LogP contribution in [0.1, 0.15) is 12.3 Å². The van der Waals surface area contributed by atoms with Crippen LogP contribution in [0.4, 0.5) is 0 Å². The summed E-state index contributed by atoms with van der Waals surface area (Å²) < 4.78 is 16.7. The van der Waals surface area contributed by atoms with Gasteiger partial charge in [0, 0.05) is 36.7 Å². The maximum Gasteiger partial charge on any atom is 0.228 e. The van der Waals surface area contributed by atoms with E-state index in [9.17, 15) is 0 Å². The summed E-state index contributed by atoms with van der Waals surface area (Å²) in [6.45, 7) is 4.85. The van der Waals surface area contributed by atoms with Crippen LogP contribution in [-0.4, -0.2) is 60.1 Å². The first kappa shape index (κ1) is 16.0. The van der Waals surface area contributed by atoms with Gasteiger partial charge in [-0.05, 0) is 30.7 Å². The number of nitrogens with zero attached hydrogens (tertiary/aromatic N) is 3. The van der Waals surface area contributed by atoms with Crippen molar-refractivity contribution in [1.29, 1.82) is 0 Å². The zero-order valence-electron chi connectivity index (χ0n) is 13.4. The average molecular weight is 350 g/mol. The largest absolute Gasteiger partial charge is 0.379 e. The molecule has 128 valence electrons. The van der Waals surface area contributed by atoms with Crippen molar-refractivity contribution in [1.82, 2.24) is 15.0 Å². The molecule has 6 nitrogen and oxygen atoms in total. The Bertz CT molecular complexity index is 683. The van der Waals surface area contributed by atoms with Gasteiger partial charge in [0.25, 0.3) is 0 Å². The van der Waals surface area contributed by atoms with E-state index in [1.807, 2.05) is 24.3 Å². The zero-order valence-corrected chi connectivity index (χ0v) is 14.2. The standard InChI is InChI=1S/C17H20ClN3O3/c18-14-3-1-13(2-4-14)16-19-15(24-20-16)5-7-21-8-10-23-12-17(21)6-9-22-11-17/h1-4H,5-12H2. The molecule has 2 aromatic rings. The molecule has 3 heterocycles. The summed E-state index contributed by atoms with van der Waals surface area (Å²) in [5, 5.41) is 4.77. The number of aromatic nitrogens is 2. The molecule has 24 heavy (non-hydrogen) atoms. The van der Waals surface area contributed by atoms with E-state index in [1.165, 1.54) is 0 Å². The lowest BCUT2D eigenvalue weighted by Crippen LogP contribution is -2.57. The van der Waals surface area contributed by atoms with Crippen LogP contribution in [-0.2, 0) is 15.9 Å². The van der Waals surface area contributed by atoms with Gasteiger partial charge in [-0.3, -0.25) is 4.90 Å². The van der Waals surface area contributed by atoms with Gasteiger partial charge in [-0.2, -0.15) is 4.98 Å². The Hall–Kier alpha value is -1.47. The summed E-state index contributed by atoms with van der Waals surface area (Å²) in [4.78, 5) is 6.95. The second-order valence-electron chi connectivity index (χ2n) is 6.34. The molecule has 2 aliphatic heterocycles. The molecule has 1 spiro atoms. The first-order valence-electron chi connectivity index (χ1n) is 8.24. The van der Waals surface area contributed by atoms with Gasteiger partial charge >= 0.3 is 0 Å². The lowest BCUT2D eigenvalue weighted by molar-refractivity contribution is -0.0706.